The van der Waals surface area contributed by atoms with Crippen LogP contribution >= 0.6 is 12.2 Å². The van der Waals surface area contributed by atoms with E-state index in [4.69, 9.17) is 18.1 Å². The largest absolute Gasteiger partial charge is 0.300 e. The van der Waals surface area contributed by atoms with Crippen LogP contribution in [0.5, 0.6) is 0 Å². The van der Waals surface area contributed by atoms with Crippen LogP contribution in [0, 0.1) is 0 Å². The molecule has 0 atom stereocenters. The van der Waals surface area contributed by atoms with E-state index in [1.54, 1.807) is 18.6 Å². The van der Waals surface area contributed by atoms with Crippen LogP contribution in [-0.2, 0) is 0 Å². The van der Waals surface area contributed by atoms with Crippen molar-refractivity contribution in [3.05, 3.63) is 30.1 Å². The van der Waals surface area contributed by atoms with E-state index in [1.165, 1.54) is 0 Å². The van der Waals surface area contributed by atoms with Gasteiger partial charge in [-0.2, -0.15) is 5.10 Å². The molecule has 4 N–H and O–H groups in total. The van der Waals surface area contributed by atoms with Gasteiger partial charge in [0.15, 0.2) is 0 Å². The van der Waals surface area contributed by atoms with E-state index in [-0.39, 0.29) is 5.11 Å². The fourth-order valence-electron chi connectivity index (χ4n) is 0.647. The van der Waals surface area contributed by atoms with Gasteiger partial charge in [-0.3, -0.25) is 15.8 Å². The van der Waals surface area contributed by atoms with Gasteiger partial charge >= 0.3 is 0 Å². The van der Waals surface area contributed by atoms with Gasteiger partial charge in [-0.15, -0.1) is 0 Å². The van der Waals surface area contributed by atoms with Crippen molar-refractivity contribution >= 4 is 23.5 Å². The lowest BCUT2D eigenvalue weighted by Gasteiger charge is -1.98. The number of hydrogen-bond acceptors (Lipinski definition) is 4. The smallest absolute Gasteiger partial charge is 0.201 e. The Labute approximate surface area is 81.0 Å². The number of nitrogens with zero attached hydrogens (tertiary/aromatic N) is 2. The lowest BCUT2D eigenvalue weighted by molar-refractivity contribution is 0.930. The summed E-state index contributed by atoms with van der Waals surface area (Å²) >= 11 is 4.70. The van der Waals surface area contributed by atoms with Crippen LogP contribution in [0.3, 0.4) is 0 Å². The Bertz CT molecular complexity index is 297. The molecule has 1 heterocycles. The average molecular weight is 195 g/mol. The van der Waals surface area contributed by atoms with Crippen molar-refractivity contribution in [2.24, 2.45) is 10.9 Å². The minimum atomic E-state index is 0.269. The first-order valence-corrected chi connectivity index (χ1v) is 3.93. The van der Waals surface area contributed by atoms with E-state index in [2.05, 4.69) is 20.9 Å². The van der Waals surface area contributed by atoms with Gasteiger partial charge in [-0.25, -0.2) is 5.84 Å². The summed E-state index contributed by atoms with van der Waals surface area (Å²) in [6.45, 7) is 0. The Morgan fingerprint density at radius 3 is 2.85 bits per heavy atom. The molecule has 0 aliphatic rings. The van der Waals surface area contributed by atoms with Gasteiger partial charge in [0, 0.05) is 12.4 Å². The molecule has 0 aliphatic heterocycles. The molecule has 0 saturated heterocycles. The standard InChI is InChI=1S/C7H9N5S/c8-11-7(13)12-10-5-6-1-3-9-4-2-6/h1-5H,8H2,(H2,11,12,13)/b10-5+. The maximum atomic E-state index is 5.01. The fourth-order valence-corrected chi connectivity index (χ4v) is 0.700. The van der Waals surface area contributed by atoms with Gasteiger partial charge in [0.2, 0.25) is 5.11 Å². The topological polar surface area (TPSA) is 75.3 Å². The predicted molar refractivity (Wildman–Crippen MR) is 54.9 cm³/mol. The molecule has 0 spiro atoms. The number of hydrazine groups is 1. The van der Waals surface area contributed by atoms with Crippen LogP contribution in [-0.4, -0.2) is 16.3 Å². The Hall–Kier alpha value is -1.53. The summed E-state index contributed by atoms with van der Waals surface area (Å²) < 4.78 is 0. The van der Waals surface area contributed by atoms with Gasteiger partial charge in [-0.05, 0) is 29.9 Å². The van der Waals surface area contributed by atoms with Gasteiger partial charge in [0.1, 0.15) is 0 Å². The third kappa shape index (κ3) is 3.59. The van der Waals surface area contributed by atoms with Crippen molar-refractivity contribution in [1.29, 1.82) is 0 Å². The van der Waals surface area contributed by atoms with Gasteiger partial charge in [0.05, 0.1) is 6.21 Å². The summed E-state index contributed by atoms with van der Waals surface area (Å²) in [6.07, 6.45) is 4.98. The zero-order chi connectivity index (χ0) is 9.52. The summed E-state index contributed by atoms with van der Waals surface area (Å²) in [4.78, 5) is 3.86. The second-order valence-electron chi connectivity index (χ2n) is 2.12. The monoisotopic (exact) mass is 195 g/mol. The molecule has 1 rings (SSSR count). The number of hydrazone groups is 1. The first kappa shape index (κ1) is 9.56. The van der Waals surface area contributed by atoms with E-state index >= 15 is 0 Å². The van der Waals surface area contributed by atoms with Gasteiger partial charge in [0.25, 0.3) is 0 Å². The Balaban J connectivity index is 2.45. The number of pyridine rings is 1. The lowest BCUT2D eigenvalue weighted by atomic mass is 10.3. The number of nitrogens with one attached hydrogen (secondary N) is 2. The highest BCUT2D eigenvalue weighted by Crippen LogP contribution is 1.89. The van der Waals surface area contributed by atoms with Gasteiger partial charge < -0.3 is 0 Å². The summed E-state index contributed by atoms with van der Waals surface area (Å²) in [5, 5.41) is 4.09. The number of thiocarbonyl (C=S) groups is 1. The van der Waals surface area contributed by atoms with Crippen LogP contribution in [0.15, 0.2) is 29.6 Å². The fraction of sp³-hybridized carbons (Fsp3) is 0. The molecule has 0 amide bonds. The second kappa shape index (κ2) is 5.18. The van der Waals surface area contributed by atoms with Crippen molar-refractivity contribution in [1.82, 2.24) is 15.8 Å². The Morgan fingerprint density at radius 2 is 2.23 bits per heavy atom. The molecule has 13 heavy (non-hydrogen) atoms. The van der Waals surface area contributed by atoms with E-state index < -0.39 is 0 Å². The quantitative estimate of drug-likeness (QED) is 0.263. The van der Waals surface area contributed by atoms with Crippen LogP contribution in [0.2, 0.25) is 0 Å². The SMILES string of the molecule is NNC(=S)N/N=C/c1ccncc1. The minimum Gasteiger partial charge on any atom is -0.300 e. The molecule has 0 unspecified atom stereocenters. The van der Waals surface area contributed by atoms with Crippen LogP contribution in [0.4, 0.5) is 0 Å². The molecule has 1 aromatic rings. The third-order valence-electron chi connectivity index (χ3n) is 1.22. The van der Waals surface area contributed by atoms with Crippen molar-refractivity contribution in [2.75, 3.05) is 0 Å². The summed E-state index contributed by atoms with van der Waals surface area (Å²) in [6, 6.07) is 3.65. The average Bonchev–Trinajstić information content (AvgIpc) is 2.19. The highest BCUT2D eigenvalue weighted by atomic mass is 32.1. The highest BCUT2D eigenvalue weighted by molar-refractivity contribution is 7.80. The molecule has 0 saturated carbocycles. The van der Waals surface area contributed by atoms with Crippen molar-refractivity contribution in [3.63, 3.8) is 0 Å². The second-order valence-corrected chi connectivity index (χ2v) is 2.53. The maximum absolute atomic E-state index is 5.01. The molecule has 0 bridgehead atoms. The molecule has 0 fully saturated rings. The van der Waals surface area contributed by atoms with Crippen LogP contribution in [0.25, 0.3) is 0 Å². The molecular weight excluding hydrogens is 186 g/mol. The minimum absolute atomic E-state index is 0.269. The predicted octanol–water partition coefficient (Wildman–Crippen LogP) is -0.247. The molecule has 5 nitrogen and oxygen atoms in total. The molecule has 0 radical (unpaired) electrons. The van der Waals surface area contributed by atoms with E-state index in [0.29, 0.717) is 0 Å². The number of rotatable bonds is 2. The Morgan fingerprint density at radius 1 is 1.54 bits per heavy atom. The van der Waals surface area contributed by atoms with Crippen LogP contribution < -0.4 is 16.7 Å². The lowest BCUT2D eigenvalue weighted by Crippen LogP contribution is -2.37. The van der Waals surface area contributed by atoms with Crippen molar-refractivity contribution in [3.8, 4) is 0 Å². The first-order valence-electron chi connectivity index (χ1n) is 3.52. The van der Waals surface area contributed by atoms with E-state index in [9.17, 15) is 0 Å². The maximum Gasteiger partial charge on any atom is 0.201 e. The van der Waals surface area contributed by atoms with Gasteiger partial charge in [-0.1, -0.05) is 0 Å². The van der Waals surface area contributed by atoms with E-state index in [0.717, 1.165) is 5.56 Å². The van der Waals surface area contributed by atoms with E-state index in [1.807, 2.05) is 12.1 Å². The molecule has 6 heteroatoms. The summed E-state index contributed by atoms with van der Waals surface area (Å²) in [7, 11) is 0. The first-order chi connectivity index (χ1) is 6.33. The number of aromatic nitrogens is 1. The zero-order valence-electron chi connectivity index (χ0n) is 6.77. The molecular formula is C7H9N5S. The number of nitrogens with two attached hydrogens (primary N) is 1. The Kier molecular flexibility index (Phi) is 3.80. The summed E-state index contributed by atoms with van der Waals surface area (Å²) in [5.41, 5.74) is 5.70. The van der Waals surface area contributed by atoms with Crippen molar-refractivity contribution in [2.45, 2.75) is 0 Å². The van der Waals surface area contributed by atoms with Crippen LogP contribution in [0.1, 0.15) is 5.56 Å². The number of hydrogen-bond donors (Lipinski definition) is 3. The molecule has 0 aromatic carbocycles. The normalized spacial score (nSPS) is 9.92. The molecule has 1 aromatic heterocycles. The zero-order valence-corrected chi connectivity index (χ0v) is 7.58. The third-order valence-corrected chi connectivity index (χ3v) is 1.43. The summed E-state index contributed by atoms with van der Waals surface area (Å²) in [5.74, 6) is 5.01. The highest BCUT2D eigenvalue weighted by Gasteiger charge is 1.86. The molecule has 0 aliphatic carbocycles. The molecule has 68 valence electrons. The van der Waals surface area contributed by atoms with Crippen molar-refractivity contribution < 1.29 is 0 Å².